The van der Waals surface area contributed by atoms with E-state index in [1.165, 1.54) is 19.3 Å². The Labute approximate surface area is 179 Å². The summed E-state index contributed by atoms with van der Waals surface area (Å²) >= 11 is 0. The van der Waals surface area contributed by atoms with Crippen LogP contribution in [0.3, 0.4) is 0 Å². The second kappa shape index (κ2) is 10.0. The van der Waals surface area contributed by atoms with Crippen molar-refractivity contribution >= 4 is 16.7 Å². The fourth-order valence-electron chi connectivity index (χ4n) is 4.67. The predicted molar refractivity (Wildman–Crippen MR) is 119 cm³/mol. The third-order valence-electron chi connectivity index (χ3n) is 6.26. The number of carbonyl (C=O) groups is 1. The van der Waals surface area contributed by atoms with Crippen LogP contribution in [0.2, 0.25) is 0 Å². The number of hydrogen-bond donors (Lipinski definition) is 0. The van der Waals surface area contributed by atoms with Crippen molar-refractivity contribution in [1.82, 2.24) is 0 Å². The molecular formula is C26H32O4. The highest BCUT2D eigenvalue weighted by Gasteiger charge is 2.40. The van der Waals surface area contributed by atoms with Crippen LogP contribution in [0.5, 0.6) is 11.5 Å². The molecule has 3 unspecified atom stereocenters. The van der Waals surface area contributed by atoms with Crippen molar-refractivity contribution in [2.24, 2.45) is 17.8 Å². The first kappa shape index (κ1) is 20.8. The lowest BCUT2D eigenvalue weighted by Crippen LogP contribution is -2.23. The van der Waals surface area contributed by atoms with Gasteiger partial charge in [0.2, 0.25) is 0 Å². The van der Waals surface area contributed by atoms with E-state index in [0.717, 1.165) is 48.1 Å². The predicted octanol–water partition coefficient (Wildman–Crippen LogP) is 5.93. The average Bonchev–Trinajstić information content (AvgIpc) is 3.40. The third kappa shape index (κ3) is 4.80. The second-order valence-corrected chi connectivity index (χ2v) is 8.42. The summed E-state index contributed by atoms with van der Waals surface area (Å²) in [6, 6.07) is 12.1. The van der Waals surface area contributed by atoms with Gasteiger partial charge in [-0.1, -0.05) is 62.6 Å². The van der Waals surface area contributed by atoms with E-state index >= 15 is 0 Å². The zero-order valence-electron chi connectivity index (χ0n) is 17.8. The summed E-state index contributed by atoms with van der Waals surface area (Å²) < 4.78 is 17.5. The molecule has 2 aliphatic rings. The molecule has 0 amide bonds. The van der Waals surface area contributed by atoms with Crippen LogP contribution in [0.4, 0.5) is 0 Å². The Hall–Kier alpha value is -2.49. The van der Waals surface area contributed by atoms with Crippen molar-refractivity contribution in [3.63, 3.8) is 0 Å². The molecule has 0 heterocycles. The van der Waals surface area contributed by atoms with Crippen LogP contribution in [0, 0.1) is 17.8 Å². The fourth-order valence-corrected chi connectivity index (χ4v) is 4.67. The molecule has 160 valence electrons. The maximum Gasteiger partial charge on any atom is 0.309 e. The molecule has 2 aromatic rings. The van der Waals surface area contributed by atoms with Gasteiger partial charge in [-0.3, -0.25) is 4.79 Å². The van der Waals surface area contributed by atoms with Crippen molar-refractivity contribution in [2.45, 2.75) is 45.4 Å². The van der Waals surface area contributed by atoms with Crippen LogP contribution in [0.1, 0.15) is 45.4 Å². The Morgan fingerprint density at radius 2 is 1.60 bits per heavy atom. The molecule has 0 N–H and O–H groups in total. The molecule has 2 bridgehead atoms. The molecule has 2 aromatic carbocycles. The molecule has 4 rings (SSSR count). The monoisotopic (exact) mass is 408 g/mol. The number of unbranched alkanes of at least 4 members (excludes halogenated alkanes) is 3. The molecule has 2 aliphatic carbocycles. The van der Waals surface area contributed by atoms with Crippen molar-refractivity contribution in [1.29, 1.82) is 0 Å². The highest BCUT2D eigenvalue weighted by molar-refractivity contribution is 5.93. The summed E-state index contributed by atoms with van der Waals surface area (Å²) in [7, 11) is 0. The summed E-state index contributed by atoms with van der Waals surface area (Å²) in [6.45, 7) is 3.58. The number of rotatable bonds is 11. The van der Waals surface area contributed by atoms with Gasteiger partial charge in [-0.05, 0) is 43.2 Å². The summed E-state index contributed by atoms with van der Waals surface area (Å²) in [5, 5.41) is 2.07. The van der Waals surface area contributed by atoms with Gasteiger partial charge in [0.1, 0.15) is 24.7 Å². The highest BCUT2D eigenvalue weighted by Crippen LogP contribution is 2.43. The van der Waals surface area contributed by atoms with E-state index in [1.54, 1.807) is 0 Å². The Balaban J connectivity index is 1.29. The molecule has 0 saturated heterocycles. The molecule has 4 nitrogen and oxygen atoms in total. The Kier molecular flexibility index (Phi) is 6.93. The van der Waals surface area contributed by atoms with E-state index < -0.39 is 0 Å². The van der Waals surface area contributed by atoms with Crippen LogP contribution in [0.15, 0.2) is 48.6 Å². The molecule has 30 heavy (non-hydrogen) atoms. The molecule has 0 aromatic heterocycles. The molecule has 0 spiro atoms. The van der Waals surface area contributed by atoms with Crippen LogP contribution in [-0.4, -0.2) is 25.8 Å². The maximum atomic E-state index is 12.3. The minimum Gasteiger partial charge on any atom is -0.493 e. The number of esters is 1. The molecule has 0 aliphatic heterocycles. The standard InChI is InChI=1S/C26H32O4/c1-2-3-4-5-14-28-24-10-6-9-22-21(24)8-7-11-25(22)29-15-16-30-26(27)23-18-19-12-13-20(23)17-19/h6-13,19-20,23H,2-5,14-18H2,1H3. The number of hydrogen-bond acceptors (Lipinski definition) is 4. The fraction of sp³-hybridized carbons (Fsp3) is 0.500. The largest absolute Gasteiger partial charge is 0.493 e. The van der Waals surface area contributed by atoms with Gasteiger partial charge in [0.25, 0.3) is 0 Å². The number of allylic oxidation sites excluding steroid dienone is 2. The van der Waals surface area contributed by atoms with Crippen LogP contribution < -0.4 is 9.47 Å². The van der Waals surface area contributed by atoms with Crippen molar-refractivity contribution in [3.8, 4) is 11.5 Å². The topological polar surface area (TPSA) is 44.8 Å². The van der Waals surface area contributed by atoms with Gasteiger partial charge in [0.05, 0.1) is 12.5 Å². The minimum atomic E-state index is -0.0767. The van der Waals surface area contributed by atoms with Crippen LogP contribution in [0.25, 0.3) is 10.8 Å². The number of carbonyl (C=O) groups excluding carboxylic acids is 1. The smallest absolute Gasteiger partial charge is 0.309 e. The molecule has 1 saturated carbocycles. The first-order valence-corrected chi connectivity index (χ1v) is 11.4. The van der Waals surface area contributed by atoms with Gasteiger partial charge < -0.3 is 14.2 Å². The summed E-state index contributed by atoms with van der Waals surface area (Å²) in [6.07, 6.45) is 11.2. The average molecular weight is 409 g/mol. The van der Waals surface area contributed by atoms with Gasteiger partial charge in [-0.25, -0.2) is 0 Å². The van der Waals surface area contributed by atoms with Crippen LogP contribution >= 0.6 is 0 Å². The molecule has 3 atom stereocenters. The second-order valence-electron chi connectivity index (χ2n) is 8.42. The molecule has 1 fully saturated rings. The normalized spacial score (nSPS) is 21.8. The quantitative estimate of drug-likeness (QED) is 0.262. The number of benzene rings is 2. The lowest BCUT2D eigenvalue weighted by Gasteiger charge is -2.17. The Morgan fingerprint density at radius 3 is 2.23 bits per heavy atom. The minimum absolute atomic E-state index is 0.0367. The first-order chi connectivity index (χ1) is 14.8. The van der Waals surface area contributed by atoms with E-state index in [2.05, 4.69) is 25.1 Å². The van der Waals surface area contributed by atoms with Crippen molar-refractivity contribution in [2.75, 3.05) is 19.8 Å². The van der Waals surface area contributed by atoms with Crippen LogP contribution in [-0.2, 0) is 9.53 Å². The van der Waals surface area contributed by atoms with Gasteiger partial charge in [-0.2, -0.15) is 0 Å². The number of fused-ring (bicyclic) bond motifs is 3. The third-order valence-corrected chi connectivity index (χ3v) is 6.26. The van der Waals surface area contributed by atoms with Crippen molar-refractivity contribution < 1.29 is 19.0 Å². The van der Waals surface area contributed by atoms with Crippen molar-refractivity contribution in [3.05, 3.63) is 48.6 Å². The summed E-state index contributed by atoms with van der Waals surface area (Å²) in [5.74, 6) is 2.60. The van der Waals surface area contributed by atoms with E-state index in [-0.39, 0.29) is 18.5 Å². The van der Waals surface area contributed by atoms with Gasteiger partial charge in [0.15, 0.2) is 0 Å². The van der Waals surface area contributed by atoms with Gasteiger partial charge in [0, 0.05) is 10.8 Å². The maximum absolute atomic E-state index is 12.3. The lowest BCUT2D eigenvalue weighted by molar-refractivity contribution is -0.150. The Morgan fingerprint density at radius 1 is 0.867 bits per heavy atom. The highest BCUT2D eigenvalue weighted by atomic mass is 16.6. The van der Waals surface area contributed by atoms with E-state index in [4.69, 9.17) is 14.2 Å². The van der Waals surface area contributed by atoms with Gasteiger partial charge >= 0.3 is 5.97 Å². The zero-order chi connectivity index (χ0) is 20.8. The molecule has 0 radical (unpaired) electrons. The summed E-state index contributed by atoms with van der Waals surface area (Å²) in [5.41, 5.74) is 0. The Bertz CT molecular complexity index is 888. The lowest BCUT2D eigenvalue weighted by atomic mass is 9.94. The first-order valence-electron chi connectivity index (χ1n) is 11.4. The summed E-state index contributed by atoms with van der Waals surface area (Å²) in [4.78, 5) is 12.3. The van der Waals surface area contributed by atoms with E-state index in [9.17, 15) is 4.79 Å². The molecule has 4 heteroatoms. The van der Waals surface area contributed by atoms with E-state index in [1.807, 2.05) is 30.3 Å². The SMILES string of the molecule is CCCCCCOc1cccc2c(OCCOC(=O)C3CC4C=CC3C4)cccc12. The number of ether oxygens (including phenoxy) is 3. The zero-order valence-corrected chi connectivity index (χ0v) is 17.8. The van der Waals surface area contributed by atoms with Gasteiger partial charge in [-0.15, -0.1) is 0 Å². The molecular weight excluding hydrogens is 376 g/mol. The van der Waals surface area contributed by atoms with E-state index in [0.29, 0.717) is 18.4 Å².